The van der Waals surface area contributed by atoms with E-state index in [0.717, 1.165) is 19.0 Å². The van der Waals surface area contributed by atoms with Gasteiger partial charge in [-0.1, -0.05) is 11.2 Å². The summed E-state index contributed by atoms with van der Waals surface area (Å²) in [5.74, 6) is 3.23. The highest BCUT2D eigenvalue weighted by molar-refractivity contribution is 14.0. The molecule has 3 heterocycles. The molecule has 0 saturated carbocycles. The van der Waals surface area contributed by atoms with Gasteiger partial charge in [0.2, 0.25) is 0 Å². The van der Waals surface area contributed by atoms with Gasteiger partial charge in [-0.05, 0) is 37.7 Å². The van der Waals surface area contributed by atoms with E-state index in [-0.39, 0.29) is 24.0 Å². The average molecular weight is 488 g/mol. The van der Waals surface area contributed by atoms with Gasteiger partial charge in [-0.15, -0.1) is 24.0 Å². The first-order valence-electron chi connectivity index (χ1n) is 8.73. The van der Waals surface area contributed by atoms with Gasteiger partial charge in [0.15, 0.2) is 11.8 Å². The van der Waals surface area contributed by atoms with Gasteiger partial charge in [-0.2, -0.15) is 16.7 Å². The second-order valence-electron chi connectivity index (χ2n) is 5.76. The number of halogens is 1. The molecule has 0 aromatic carbocycles. The number of thioether (sulfide) groups is 1. The summed E-state index contributed by atoms with van der Waals surface area (Å²) in [4.78, 5) is 13.3. The molecule has 1 aliphatic heterocycles. The Morgan fingerprint density at radius 3 is 3.04 bits per heavy atom. The minimum Gasteiger partial charge on any atom is -0.357 e. The highest BCUT2D eigenvalue weighted by Crippen LogP contribution is 2.25. The van der Waals surface area contributed by atoms with Gasteiger partial charge in [0.1, 0.15) is 5.69 Å². The van der Waals surface area contributed by atoms with Crippen LogP contribution >= 0.6 is 35.7 Å². The molecule has 1 unspecified atom stereocenters. The summed E-state index contributed by atoms with van der Waals surface area (Å²) in [5.41, 5.74) is 0.693. The van der Waals surface area contributed by atoms with Crippen molar-refractivity contribution in [2.45, 2.75) is 31.4 Å². The first kappa shape index (κ1) is 20.9. The van der Waals surface area contributed by atoms with E-state index in [9.17, 15) is 0 Å². The number of nitrogens with zero attached hydrogens (tertiary/aromatic N) is 4. The van der Waals surface area contributed by atoms with Gasteiger partial charge in [-0.25, -0.2) is 0 Å². The summed E-state index contributed by atoms with van der Waals surface area (Å²) < 4.78 is 5.27. The van der Waals surface area contributed by atoms with Crippen LogP contribution in [0.4, 0.5) is 0 Å². The fourth-order valence-corrected chi connectivity index (χ4v) is 3.74. The van der Waals surface area contributed by atoms with E-state index < -0.39 is 0 Å². The molecular weight excluding hydrogens is 463 g/mol. The van der Waals surface area contributed by atoms with Crippen LogP contribution in [-0.2, 0) is 6.42 Å². The largest absolute Gasteiger partial charge is 0.357 e. The summed E-state index contributed by atoms with van der Waals surface area (Å²) in [6.45, 7) is 4.48. The lowest BCUT2D eigenvalue weighted by Crippen LogP contribution is -2.38. The third kappa shape index (κ3) is 6.42. The van der Waals surface area contributed by atoms with E-state index in [1.54, 1.807) is 6.20 Å². The second-order valence-corrected chi connectivity index (χ2v) is 7.17. The van der Waals surface area contributed by atoms with E-state index in [4.69, 9.17) is 4.52 Å². The van der Waals surface area contributed by atoms with Crippen LogP contribution in [0.2, 0.25) is 0 Å². The van der Waals surface area contributed by atoms with Crippen LogP contribution in [0.1, 0.15) is 25.6 Å². The molecule has 26 heavy (non-hydrogen) atoms. The Labute approximate surface area is 175 Å². The SMILES string of the molecule is CCNC(=NCC1CCCS1)NCCc1noc(-c2ccccn2)n1.I. The van der Waals surface area contributed by atoms with E-state index in [1.165, 1.54) is 18.6 Å². The third-order valence-corrected chi connectivity index (χ3v) is 5.19. The topological polar surface area (TPSA) is 88.2 Å². The van der Waals surface area contributed by atoms with Crippen LogP contribution in [0.15, 0.2) is 33.9 Å². The summed E-state index contributed by atoms with van der Waals surface area (Å²) >= 11 is 2.02. The fraction of sp³-hybridized carbons (Fsp3) is 0.529. The van der Waals surface area contributed by atoms with Crippen molar-refractivity contribution < 1.29 is 4.52 Å². The van der Waals surface area contributed by atoms with Gasteiger partial charge in [0.05, 0.1) is 6.54 Å². The zero-order chi connectivity index (χ0) is 17.3. The number of hydrogen-bond acceptors (Lipinski definition) is 6. The molecule has 0 amide bonds. The fourth-order valence-electron chi connectivity index (χ4n) is 2.56. The minimum absolute atomic E-state index is 0. The minimum atomic E-state index is 0. The van der Waals surface area contributed by atoms with Gasteiger partial charge in [-0.3, -0.25) is 9.98 Å². The lowest BCUT2D eigenvalue weighted by atomic mass is 10.2. The Morgan fingerprint density at radius 1 is 1.38 bits per heavy atom. The van der Waals surface area contributed by atoms with Crippen molar-refractivity contribution in [2.24, 2.45) is 4.99 Å². The Bertz CT molecular complexity index is 675. The van der Waals surface area contributed by atoms with E-state index >= 15 is 0 Å². The van der Waals surface area contributed by atoms with Gasteiger partial charge >= 0.3 is 0 Å². The molecule has 7 nitrogen and oxygen atoms in total. The Balaban J connectivity index is 0.00000243. The van der Waals surface area contributed by atoms with Crippen LogP contribution in [0.25, 0.3) is 11.6 Å². The lowest BCUT2D eigenvalue weighted by Gasteiger charge is -2.11. The molecule has 0 spiro atoms. The van der Waals surface area contributed by atoms with Crippen molar-refractivity contribution in [1.29, 1.82) is 0 Å². The molecule has 2 aromatic heterocycles. The van der Waals surface area contributed by atoms with Crippen molar-refractivity contribution in [2.75, 3.05) is 25.4 Å². The van der Waals surface area contributed by atoms with Gasteiger partial charge in [0, 0.05) is 31.0 Å². The molecule has 1 saturated heterocycles. The first-order valence-corrected chi connectivity index (χ1v) is 9.78. The van der Waals surface area contributed by atoms with Crippen LogP contribution in [0.5, 0.6) is 0 Å². The van der Waals surface area contributed by atoms with E-state index in [0.29, 0.717) is 35.6 Å². The van der Waals surface area contributed by atoms with Crippen LogP contribution < -0.4 is 10.6 Å². The zero-order valence-corrected chi connectivity index (χ0v) is 18.0. The number of rotatable bonds is 7. The number of guanidine groups is 1. The van der Waals surface area contributed by atoms with Gasteiger partial charge < -0.3 is 15.2 Å². The standard InChI is InChI=1S/C17H24N6OS.HI/c1-2-18-17(21-12-13-6-5-11-25-13)20-10-8-15-22-16(24-23-15)14-7-3-4-9-19-14;/h3-4,7,9,13H,2,5-6,8,10-12H2,1H3,(H2,18,20,21);1H. The van der Waals surface area contributed by atoms with Crippen molar-refractivity contribution in [3.8, 4) is 11.6 Å². The predicted molar refractivity (Wildman–Crippen MR) is 116 cm³/mol. The second kappa shape index (κ2) is 11.4. The molecule has 1 atom stereocenters. The number of hydrogen-bond donors (Lipinski definition) is 2. The quantitative estimate of drug-likeness (QED) is 0.352. The smallest absolute Gasteiger partial charge is 0.276 e. The maximum atomic E-state index is 5.27. The molecular formula is C17H25IN6OS. The molecule has 3 rings (SSSR count). The summed E-state index contributed by atoms with van der Waals surface area (Å²) in [6, 6.07) is 5.61. The molecule has 9 heteroatoms. The number of pyridine rings is 1. The van der Waals surface area contributed by atoms with E-state index in [2.05, 4.69) is 37.7 Å². The maximum Gasteiger partial charge on any atom is 0.276 e. The number of nitrogens with one attached hydrogen (secondary N) is 2. The lowest BCUT2D eigenvalue weighted by molar-refractivity contribution is 0.421. The maximum absolute atomic E-state index is 5.27. The Morgan fingerprint density at radius 2 is 2.31 bits per heavy atom. The Kier molecular flexibility index (Phi) is 9.16. The molecule has 1 aliphatic rings. The van der Waals surface area contributed by atoms with Crippen molar-refractivity contribution >= 4 is 41.7 Å². The molecule has 2 aromatic rings. The van der Waals surface area contributed by atoms with Crippen LogP contribution in [-0.4, -0.2) is 51.7 Å². The summed E-state index contributed by atoms with van der Waals surface area (Å²) in [6.07, 6.45) is 4.96. The zero-order valence-electron chi connectivity index (χ0n) is 14.9. The van der Waals surface area contributed by atoms with Crippen LogP contribution in [0.3, 0.4) is 0 Å². The number of aliphatic imine (C=N–C) groups is 1. The summed E-state index contributed by atoms with van der Waals surface area (Å²) in [7, 11) is 0. The van der Waals surface area contributed by atoms with Crippen molar-refractivity contribution in [3.05, 3.63) is 30.2 Å². The Hall–Kier alpha value is -1.36. The molecule has 142 valence electrons. The van der Waals surface area contributed by atoms with E-state index in [1.807, 2.05) is 30.0 Å². The summed E-state index contributed by atoms with van der Waals surface area (Å²) in [5, 5.41) is 11.3. The highest BCUT2D eigenvalue weighted by atomic mass is 127. The highest BCUT2D eigenvalue weighted by Gasteiger charge is 2.15. The van der Waals surface area contributed by atoms with Crippen molar-refractivity contribution in [1.82, 2.24) is 25.8 Å². The third-order valence-electron chi connectivity index (χ3n) is 3.81. The molecule has 1 fully saturated rings. The molecule has 0 aliphatic carbocycles. The normalized spacial score (nSPS) is 17.0. The average Bonchev–Trinajstić information content (AvgIpc) is 3.32. The van der Waals surface area contributed by atoms with Crippen molar-refractivity contribution in [3.63, 3.8) is 0 Å². The number of aromatic nitrogens is 3. The van der Waals surface area contributed by atoms with Crippen LogP contribution in [0, 0.1) is 0 Å². The predicted octanol–water partition coefficient (Wildman–Crippen LogP) is 2.74. The molecule has 0 radical (unpaired) electrons. The van der Waals surface area contributed by atoms with Gasteiger partial charge in [0.25, 0.3) is 5.89 Å². The molecule has 2 N–H and O–H groups in total. The monoisotopic (exact) mass is 488 g/mol. The first-order chi connectivity index (χ1) is 12.3. The molecule has 0 bridgehead atoms.